The van der Waals surface area contributed by atoms with Crippen LogP contribution in [0.4, 0.5) is 0 Å². The topological polar surface area (TPSA) is 40.5 Å². The summed E-state index contributed by atoms with van der Waals surface area (Å²) in [6, 6.07) is 8.04. The Bertz CT molecular complexity index is 855. The number of aryl methyl sites for hydroxylation is 4. The number of hydrogen-bond acceptors (Lipinski definition) is 2. The summed E-state index contributed by atoms with van der Waals surface area (Å²) in [7, 11) is 0. The van der Waals surface area contributed by atoms with Gasteiger partial charge in [0.05, 0.1) is 0 Å². The molecule has 2 aromatic rings. The molecule has 0 unspecified atom stereocenters. The van der Waals surface area contributed by atoms with E-state index in [0.29, 0.717) is 11.5 Å². The van der Waals surface area contributed by atoms with Gasteiger partial charge in [-0.3, -0.25) is 0 Å². The lowest BCUT2D eigenvalue weighted by molar-refractivity contribution is 0.454. The molecule has 2 N–H and O–H groups in total. The Balaban J connectivity index is 2.62. The number of benzene rings is 2. The molecule has 2 aromatic carbocycles. The van der Waals surface area contributed by atoms with Crippen LogP contribution in [0.15, 0.2) is 47.6 Å². The van der Waals surface area contributed by atoms with Crippen molar-refractivity contribution >= 4 is 0 Å². The minimum Gasteiger partial charge on any atom is -0.507 e. The van der Waals surface area contributed by atoms with E-state index in [-0.39, 0.29) is 5.92 Å². The zero-order chi connectivity index (χ0) is 21.0. The molecule has 0 radical (unpaired) electrons. The first kappa shape index (κ1) is 21.8. The summed E-state index contributed by atoms with van der Waals surface area (Å²) in [6.45, 7) is 14.3. The van der Waals surface area contributed by atoms with Crippen LogP contribution in [0.3, 0.4) is 0 Å². The molecule has 0 amide bonds. The van der Waals surface area contributed by atoms with Gasteiger partial charge in [0.25, 0.3) is 0 Å². The molecular formula is C26H34O2. The van der Waals surface area contributed by atoms with Crippen LogP contribution in [-0.2, 0) is 0 Å². The van der Waals surface area contributed by atoms with Gasteiger partial charge in [-0.2, -0.15) is 0 Å². The Kier molecular flexibility index (Phi) is 7.12. The van der Waals surface area contributed by atoms with Gasteiger partial charge in [0, 0.05) is 17.0 Å². The Labute approximate surface area is 170 Å². The van der Waals surface area contributed by atoms with Crippen LogP contribution in [0.25, 0.3) is 0 Å². The maximum Gasteiger partial charge on any atom is 0.122 e. The molecule has 0 aliphatic carbocycles. The van der Waals surface area contributed by atoms with Crippen molar-refractivity contribution in [1.29, 1.82) is 0 Å². The minimum absolute atomic E-state index is 0.191. The standard InChI is InChI=1S/C26H34O2/c1-16(2)9-8-10-17(3)13-22(23-14-18(4)11-20(6)25(23)27)24-15-19(5)12-21(7)26(24)28/h9,11-15,22,27-28H,8,10H2,1-7H3/b17-13-. The maximum atomic E-state index is 10.8. The second-order valence-electron chi connectivity index (χ2n) is 8.35. The highest BCUT2D eigenvalue weighted by molar-refractivity contribution is 5.55. The second-order valence-corrected chi connectivity index (χ2v) is 8.35. The highest BCUT2D eigenvalue weighted by Crippen LogP contribution is 2.41. The van der Waals surface area contributed by atoms with Crippen molar-refractivity contribution in [1.82, 2.24) is 0 Å². The number of allylic oxidation sites excluding steroid dienone is 4. The number of rotatable bonds is 6. The molecule has 0 aromatic heterocycles. The lowest BCUT2D eigenvalue weighted by atomic mass is 9.84. The normalized spacial score (nSPS) is 11.8. The predicted octanol–water partition coefficient (Wildman–Crippen LogP) is 7.16. The maximum absolute atomic E-state index is 10.8. The first-order valence-electron chi connectivity index (χ1n) is 10.0. The van der Waals surface area contributed by atoms with Crippen molar-refractivity contribution in [2.75, 3.05) is 0 Å². The van der Waals surface area contributed by atoms with Crippen LogP contribution in [0, 0.1) is 27.7 Å². The predicted molar refractivity (Wildman–Crippen MR) is 119 cm³/mol. The molecular weight excluding hydrogens is 344 g/mol. The molecule has 0 fully saturated rings. The van der Waals surface area contributed by atoms with E-state index in [1.807, 2.05) is 52.0 Å². The molecule has 0 heterocycles. The Hall–Kier alpha value is -2.48. The molecule has 2 nitrogen and oxygen atoms in total. The summed E-state index contributed by atoms with van der Waals surface area (Å²) in [6.07, 6.45) is 6.39. The number of hydrogen-bond donors (Lipinski definition) is 2. The summed E-state index contributed by atoms with van der Waals surface area (Å²) in [5.74, 6) is 0.425. The smallest absolute Gasteiger partial charge is 0.122 e. The molecule has 2 heteroatoms. The quantitative estimate of drug-likeness (QED) is 0.524. The van der Waals surface area contributed by atoms with Crippen molar-refractivity contribution in [2.45, 2.75) is 67.2 Å². The fraction of sp³-hybridized carbons (Fsp3) is 0.385. The Morgan fingerprint density at radius 1 is 0.821 bits per heavy atom. The van der Waals surface area contributed by atoms with Crippen LogP contribution < -0.4 is 0 Å². The van der Waals surface area contributed by atoms with E-state index in [1.165, 1.54) is 11.1 Å². The van der Waals surface area contributed by atoms with Gasteiger partial charge in [-0.05, 0) is 72.4 Å². The average Bonchev–Trinajstić information content (AvgIpc) is 2.59. The number of phenols is 2. The fourth-order valence-electron chi connectivity index (χ4n) is 3.76. The van der Waals surface area contributed by atoms with Gasteiger partial charge in [-0.15, -0.1) is 0 Å². The molecule has 150 valence electrons. The van der Waals surface area contributed by atoms with Crippen molar-refractivity contribution < 1.29 is 10.2 Å². The first-order valence-corrected chi connectivity index (χ1v) is 10.0. The van der Waals surface area contributed by atoms with Gasteiger partial charge in [-0.1, -0.05) is 58.7 Å². The monoisotopic (exact) mass is 378 g/mol. The Morgan fingerprint density at radius 2 is 1.29 bits per heavy atom. The van der Waals surface area contributed by atoms with Crippen LogP contribution in [-0.4, -0.2) is 10.2 Å². The van der Waals surface area contributed by atoms with Gasteiger partial charge in [0.15, 0.2) is 0 Å². The van der Waals surface area contributed by atoms with Crippen molar-refractivity contribution in [3.63, 3.8) is 0 Å². The van der Waals surface area contributed by atoms with Gasteiger partial charge < -0.3 is 10.2 Å². The molecule has 28 heavy (non-hydrogen) atoms. The zero-order valence-corrected chi connectivity index (χ0v) is 18.4. The molecule has 0 saturated heterocycles. The van der Waals surface area contributed by atoms with Gasteiger partial charge >= 0.3 is 0 Å². The van der Waals surface area contributed by atoms with E-state index >= 15 is 0 Å². The van der Waals surface area contributed by atoms with Crippen LogP contribution in [0.1, 0.15) is 72.9 Å². The molecule has 0 aliphatic heterocycles. The third kappa shape index (κ3) is 5.28. The van der Waals surface area contributed by atoms with E-state index in [1.54, 1.807) is 0 Å². The molecule has 0 spiro atoms. The third-order valence-electron chi connectivity index (χ3n) is 5.16. The average molecular weight is 379 g/mol. The lowest BCUT2D eigenvalue weighted by Crippen LogP contribution is -2.03. The third-order valence-corrected chi connectivity index (χ3v) is 5.16. The van der Waals surface area contributed by atoms with Crippen molar-refractivity contribution in [3.8, 4) is 11.5 Å². The number of phenolic OH excluding ortho intramolecular Hbond substituents is 2. The second kappa shape index (κ2) is 9.14. The molecule has 2 rings (SSSR count). The van der Waals surface area contributed by atoms with E-state index < -0.39 is 0 Å². The van der Waals surface area contributed by atoms with Crippen molar-refractivity contribution in [2.24, 2.45) is 0 Å². The minimum atomic E-state index is -0.191. The van der Waals surface area contributed by atoms with Crippen molar-refractivity contribution in [3.05, 3.63) is 80.9 Å². The molecule has 0 bridgehead atoms. The molecule has 0 aliphatic rings. The first-order chi connectivity index (χ1) is 13.1. The van der Waals surface area contributed by atoms with E-state index in [4.69, 9.17) is 0 Å². The van der Waals surface area contributed by atoms with E-state index in [0.717, 1.165) is 46.2 Å². The summed E-state index contributed by atoms with van der Waals surface area (Å²) < 4.78 is 0. The van der Waals surface area contributed by atoms with Gasteiger partial charge in [0.1, 0.15) is 11.5 Å². The largest absolute Gasteiger partial charge is 0.507 e. The van der Waals surface area contributed by atoms with E-state index in [9.17, 15) is 10.2 Å². The molecule has 0 atom stereocenters. The summed E-state index contributed by atoms with van der Waals surface area (Å²) >= 11 is 0. The summed E-state index contributed by atoms with van der Waals surface area (Å²) in [5.41, 5.74) is 8.20. The SMILES string of the molecule is CC(C)=CCC/C(C)=C\C(c1cc(C)cc(C)c1O)c1cc(C)cc(C)c1O. The van der Waals surface area contributed by atoms with Crippen LogP contribution in [0.5, 0.6) is 11.5 Å². The highest BCUT2D eigenvalue weighted by atomic mass is 16.3. The van der Waals surface area contributed by atoms with Gasteiger partial charge in [-0.25, -0.2) is 0 Å². The Morgan fingerprint density at radius 3 is 1.71 bits per heavy atom. The summed E-state index contributed by atoms with van der Waals surface area (Å²) in [5, 5.41) is 21.6. The lowest BCUT2D eigenvalue weighted by Gasteiger charge is -2.21. The fourth-order valence-corrected chi connectivity index (χ4v) is 3.76. The number of aromatic hydroxyl groups is 2. The van der Waals surface area contributed by atoms with Gasteiger partial charge in [0.2, 0.25) is 0 Å². The highest BCUT2D eigenvalue weighted by Gasteiger charge is 2.22. The molecule has 0 saturated carbocycles. The van der Waals surface area contributed by atoms with Crippen LogP contribution >= 0.6 is 0 Å². The summed E-state index contributed by atoms with van der Waals surface area (Å²) in [4.78, 5) is 0. The van der Waals surface area contributed by atoms with Crippen LogP contribution in [0.2, 0.25) is 0 Å². The zero-order valence-electron chi connectivity index (χ0n) is 18.4. The van der Waals surface area contributed by atoms with E-state index in [2.05, 4.69) is 32.9 Å².